The molecule has 1 amide bonds. The second-order valence-corrected chi connectivity index (χ2v) is 6.43. The molecule has 0 aliphatic carbocycles. The first-order valence-corrected chi connectivity index (χ1v) is 8.28. The number of hydrogen-bond donors (Lipinski definition) is 1. The van der Waals surface area contributed by atoms with E-state index in [2.05, 4.69) is 40.1 Å². The number of carbonyl (C=O) groups is 1. The van der Waals surface area contributed by atoms with Gasteiger partial charge < -0.3 is 10.2 Å². The SMILES string of the molecule is CNC(=O)CCc1cc(C2CCCN(C(C)C)C2)nc(C)n1. The Hall–Kier alpha value is -1.49. The Morgan fingerprint density at radius 2 is 2.23 bits per heavy atom. The van der Waals surface area contributed by atoms with Crippen molar-refractivity contribution >= 4 is 5.91 Å². The van der Waals surface area contributed by atoms with E-state index in [1.807, 2.05) is 6.92 Å². The molecule has 0 bridgehead atoms. The van der Waals surface area contributed by atoms with Crippen LogP contribution in [0.3, 0.4) is 0 Å². The highest BCUT2D eigenvalue weighted by Crippen LogP contribution is 2.27. The van der Waals surface area contributed by atoms with Gasteiger partial charge in [-0.2, -0.15) is 0 Å². The van der Waals surface area contributed by atoms with Crippen molar-refractivity contribution in [2.45, 2.75) is 58.4 Å². The van der Waals surface area contributed by atoms with E-state index in [0.29, 0.717) is 24.8 Å². The maximum atomic E-state index is 11.4. The molecule has 1 aliphatic rings. The highest BCUT2D eigenvalue weighted by molar-refractivity contribution is 5.75. The highest BCUT2D eigenvalue weighted by atomic mass is 16.1. The van der Waals surface area contributed by atoms with Gasteiger partial charge in [0.2, 0.25) is 5.91 Å². The van der Waals surface area contributed by atoms with Crippen LogP contribution in [0.25, 0.3) is 0 Å². The van der Waals surface area contributed by atoms with Crippen molar-refractivity contribution in [2.24, 2.45) is 0 Å². The third-order valence-corrected chi connectivity index (χ3v) is 4.40. The van der Waals surface area contributed by atoms with Gasteiger partial charge in [0.25, 0.3) is 0 Å². The van der Waals surface area contributed by atoms with Crippen LogP contribution in [-0.2, 0) is 11.2 Å². The van der Waals surface area contributed by atoms with Crippen molar-refractivity contribution in [3.63, 3.8) is 0 Å². The topological polar surface area (TPSA) is 58.1 Å². The van der Waals surface area contributed by atoms with Crippen LogP contribution in [0.1, 0.15) is 56.2 Å². The van der Waals surface area contributed by atoms with E-state index >= 15 is 0 Å². The Balaban J connectivity index is 2.10. The molecule has 0 spiro atoms. The summed E-state index contributed by atoms with van der Waals surface area (Å²) in [6, 6.07) is 2.68. The lowest BCUT2D eigenvalue weighted by atomic mass is 9.93. The minimum Gasteiger partial charge on any atom is -0.359 e. The van der Waals surface area contributed by atoms with Gasteiger partial charge in [0.15, 0.2) is 0 Å². The predicted octanol–water partition coefficient (Wildman–Crippen LogP) is 2.05. The number of nitrogens with one attached hydrogen (secondary N) is 1. The van der Waals surface area contributed by atoms with Crippen molar-refractivity contribution < 1.29 is 4.79 Å². The molecular weight excluding hydrogens is 276 g/mol. The number of carbonyl (C=O) groups excluding carboxylic acids is 1. The molecule has 2 heterocycles. The van der Waals surface area contributed by atoms with Crippen LogP contribution in [0.5, 0.6) is 0 Å². The highest BCUT2D eigenvalue weighted by Gasteiger charge is 2.24. The van der Waals surface area contributed by atoms with Crippen LogP contribution in [0.2, 0.25) is 0 Å². The molecule has 1 fully saturated rings. The zero-order valence-electron chi connectivity index (χ0n) is 14.2. The van der Waals surface area contributed by atoms with Gasteiger partial charge in [-0.1, -0.05) is 0 Å². The van der Waals surface area contributed by atoms with Gasteiger partial charge in [0.05, 0.1) is 0 Å². The molecule has 1 saturated heterocycles. The number of likely N-dealkylation sites (tertiary alicyclic amines) is 1. The smallest absolute Gasteiger partial charge is 0.220 e. The Bertz CT molecular complexity index is 515. The molecule has 0 aromatic carbocycles. The summed E-state index contributed by atoms with van der Waals surface area (Å²) >= 11 is 0. The number of rotatable bonds is 5. The van der Waals surface area contributed by atoms with Crippen LogP contribution in [0.4, 0.5) is 0 Å². The summed E-state index contributed by atoms with van der Waals surface area (Å²) in [5.74, 6) is 1.35. The van der Waals surface area contributed by atoms with Crippen LogP contribution in [-0.4, -0.2) is 47.0 Å². The molecule has 22 heavy (non-hydrogen) atoms. The maximum Gasteiger partial charge on any atom is 0.220 e. The molecule has 5 nitrogen and oxygen atoms in total. The Morgan fingerprint density at radius 1 is 1.45 bits per heavy atom. The van der Waals surface area contributed by atoms with E-state index in [1.165, 1.54) is 19.4 Å². The lowest BCUT2D eigenvalue weighted by Crippen LogP contribution is -2.39. The zero-order chi connectivity index (χ0) is 16.1. The number of hydrogen-bond acceptors (Lipinski definition) is 4. The van der Waals surface area contributed by atoms with Gasteiger partial charge in [-0.15, -0.1) is 0 Å². The molecule has 1 N–H and O–H groups in total. The molecule has 0 radical (unpaired) electrons. The van der Waals surface area contributed by atoms with Crippen molar-refractivity contribution in [2.75, 3.05) is 20.1 Å². The maximum absolute atomic E-state index is 11.4. The normalized spacial score (nSPS) is 19.4. The average molecular weight is 304 g/mol. The zero-order valence-corrected chi connectivity index (χ0v) is 14.2. The Morgan fingerprint density at radius 3 is 2.91 bits per heavy atom. The third kappa shape index (κ3) is 4.50. The summed E-state index contributed by atoms with van der Waals surface area (Å²) in [5, 5.41) is 2.66. The summed E-state index contributed by atoms with van der Waals surface area (Å²) in [6.07, 6.45) is 3.57. The molecule has 1 aliphatic heterocycles. The molecule has 0 saturated carbocycles. The standard InChI is InChI=1S/C17H28N4O/c1-12(2)21-9-5-6-14(11-21)16-10-15(19-13(3)20-16)7-8-17(22)18-4/h10,12,14H,5-9,11H2,1-4H3,(H,18,22). The molecule has 1 unspecified atom stereocenters. The molecule has 1 aromatic heterocycles. The van der Waals surface area contributed by atoms with Crippen molar-refractivity contribution in [3.8, 4) is 0 Å². The number of amides is 1. The monoisotopic (exact) mass is 304 g/mol. The van der Waals surface area contributed by atoms with Gasteiger partial charge in [0, 0.05) is 43.4 Å². The number of aromatic nitrogens is 2. The quantitative estimate of drug-likeness (QED) is 0.904. The van der Waals surface area contributed by atoms with E-state index in [0.717, 1.165) is 23.8 Å². The molecule has 1 aromatic rings. The summed E-state index contributed by atoms with van der Waals surface area (Å²) in [4.78, 5) is 23.1. The first kappa shape index (κ1) is 16.9. The largest absolute Gasteiger partial charge is 0.359 e. The van der Waals surface area contributed by atoms with Crippen molar-refractivity contribution in [3.05, 3.63) is 23.3 Å². The average Bonchev–Trinajstić information content (AvgIpc) is 2.52. The summed E-state index contributed by atoms with van der Waals surface area (Å²) in [5.41, 5.74) is 2.12. The lowest BCUT2D eigenvalue weighted by Gasteiger charge is -2.35. The first-order chi connectivity index (χ1) is 10.5. The Kier molecular flexibility index (Phi) is 5.89. The van der Waals surface area contributed by atoms with Crippen LogP contribution >= 0.6 is 0 Å². The van der Waals surface area contributed by atoms with E-state index in [-0.39, 0.29) is 5.91 Å². The van der Waals surface area contributed by atoms with Crippen LogP contribution in [0.15, 0.2) is 6.07 Å². The second kappa shape index (κ2) is 7.68. The van der Waals surface area contributed by atoms with Crippen LogP contribution in [0, 0.1) is 6.92 Å². The van der Waals surface area contributed by atoms with Crippen LogP contribution < -0.4 is 5.32 Å². The third-order valence-electron chi connectivity index (χ3n) is 4.40. The van der Waals surface area contributed by atoms with Crippen molar-refractivity contribution in [1.82, 2.24) is 20.2 Å². The fraction of sp³-hybridized carbons (Fsp3) is 0.706. The molecule has 122 valence electrons. The lowest BCUT2D eigenvalue weighted by molar-refractivity contribution is -0.120. The minimum absolute atomic E-state index is 0.0569. The summed E-state index contributed by atoms with van der Waals surface area (Å²) in [6.45, 7) is 8.70. The molecular formula is C17H28N4O. The summed E-state index contributed by atoms with van der Waals surface area (Å²) in [7, 11) is 1.67. The van der Waals surface area contributed by atoms with E-state index in [9.17, 15) is 4.79 Å². The second-order valence-electron chi connectivity index (χ2n) is 6.43. The van der Waals surface area contributed by atoms with Crippen molar-refractivity contribution in [1.29, 1.82) is 0 Å². The van der Waals surface area contributed by atoms with Gasteiger partial charge in [0.1, 0.15) is 5.82 Å². The Labute approximate surface area is 133 Å². The van der Waals surface area contributed by atoms with Gasteiger partial charge >= 0.3 is 0 Å². The summed E-state index contributed by atoms with van der Waals surface area (Å²) < 4.78 is 0. The first-order valence-electron chi connectivity index (χ1n) is 8.28. The minimum atomic E-state index is 0.0569. The number of aryl methyl sites for hydroxylation is 2. The van der Waals surface area contributed by atoms with E-state index < -0.39 is 0 Å². The fourth-order valence-electron chi connectivity index (χ4n) is 3.08. The van der Waals surface area contributed by atoms with Gasteiger partial charge in [-0.05, 0) is 52.6 Å². The molecule has 5 heteroatoms. The van der Waals surface area contributed by atoms with Gasteiger partial charge in [-0.25, -0.2) is 9.97 Å². The van der Waals surface area contributed by atoms with E-state index in [4.69, 9.17) is 0 Å². The van der Waals surface area contributed by atoms with E-state index in [1.54, 1.807) is 7.05 Å². The predicted molar refractivity (Wildman–Crippen MR) is 87.8 cm³/mol. The number of nitrogens with zero attached hydrogens (tertiary/aromatic N) is 3. The molecule has 1 atom stereocenters. The van der Waals surface area contributed by atoms with Gasteiger partial charge in [-0.3, -0.25) is 4.79 Å². The number of piperidine rings is 1. The fourth-order valence-corrected chi connectivity index (χ4v) is 3.08. The molecule has 2 rings (SSSR count).